The van der Waals surface area contributed by atoms with E-state index in [1.54, 1.807) is 13.8 Å². The number of rotatable bonds is 10. The molecule has 0 bridgehead atoms. The minimum absolute atomic E-state index is 0.00731. The Kier molecular flexibility index (Phi) is 8.44. The van der Waals surface area contributed by atoms with Crippen molar-refractivity contribution in [2.45, 2.75) is 40.2 Å². The van der Waals surface area contributed by atoms with E-state index in [0.29, 0.717) is 13.2 Å². The van der Waals surface area contributed by atoms with E-state index in [1.807, 2.05) is 13.8 Å². The molecule has 0 saturated carbocycles. The van der Waals surface area contributed by atoms with Gasteiger partial charge in [0.05, 0.1) is 25.5 Å². The molecule has 7 heteroatoms. The fraction of sp³-hybridized carbons (Fsp3) is 0.909. The van der Waals surface area contributed by atoms with Crippen LogP contribution in [0.25, 0.3) is 0 Å². The van der Waals surface area contributed by atoms with E-state index in [-0.39, 0.29) is 12.2 Å². The van der Waals surface area contributed by atoms with Gasteiger partial charge in [0, 0.05) is 0 Å². The summed E-state index contributed by atoms with van der Waals surface area (Å²) < 4.78 is 22.5. The van der Waals surface area contributed by atoms with E-state index in [1.165, 1.54) is 0 Å². The lowest BCUT2D eigenvalue weighted by Gasteiger charge is -2.24. The van der Waals surface area contributed by atoms with E-state index in [9.17, 15) is 9.36 Å². The number of nitrogens with one attached hydrogen (secondary N) is 1. The summed E-state index contributed by atoms with van der Waals surface area (Å²) in [5.74, 6) is -0.386. The van der Waals surface area contributed by atoms with Gasteiger partial charge in [-0.1, -0.05) is 20.3 Å². The molecule has 0 aliphatic heterocycles. The van der Waals surface area contributed by atoms with Crippen molar-refractivity contribution in [3.05, 3.63) is 0 Å². The number of carbonyl (C=O) groups is 1. The van der Waals surface area contributed by atoms with E-state index in [2.05, 4.69) is 5.32 Å². The summed E-state index contributed by atoms with van der Waals surface area (Å²) in [5, 5.41) is 2.89. The van der Waals surface area contributed by atoms with Crippen LogP contribution in [0.5, 0.6) is 0 Å². The van der Waals surface area contributed by atoms with Gasteiger partial charge >= 0.3 is 7.60 Å². The van der Waals surface area contributed by atoms with Crippen LogP contribution in [-0.2, 0) is 18.4 Å². The Hall–Kier alpha value is -0.420. The number of carbonyl (C=O) groups excluding carboxylic acids is 1. The second kappa shape index (κ2) is 8.64. The molecule has 0 aromatic rings. The standard InChI is InChI=1S/C11H25N2O4P/c1-5-9(4)10(11(12)14)13-8-18(15,16-6-2)17-7-3/h9-10,13H,5-8H2,1-4H3,(H2,12,14)/t9-,10-/m0/s1. The third-order valence-corrected chi connectivity index (χ3v) is 4.55. The fourth-order valence-corrected chi connectivity index (χ4v) is 3.01. The molecule has 0 fully saturated rings. The second-order valence-electron chi connectivity index (χ2n) is 4.07. The molecule has 0 heterocycles. The normalized spacial score (nSPS) is 15.3. The first-order chi connectivity index (χ1) is 8.40. The maximum absolute atomic E-state index is 12.2. The molecule has 0 saturated heterocycles. The summed E-state index contributed by atoms with van der Waals surface area (Å²) in [6.45, 7) is 7.95. The van der Waals surface area contributed by atoms with Crippen molar-refractivity contribution in [3.8, 4) is 0 Å². The molecule has 108 valence electrons. The van der Waals surface area contributed by atoms with Crippen LogP contribution >= 0.6 is 7.60 Å². The lowest BCUT2D eigenvalue weighted by atomic mass is 9.99. The zero-order valence-corrected chi connectivity index (χ0v) is 12.5. The van der Waals surface area contributed by atoms with Crippen molar-refractivity contribution in [1.82, 2.24) is 5.32 Å². The third kappa shape index (κ3) is 5.96. The molecule has 0 unspecified atom stereocenters. The van der Waals surface area contributed by atoms with Gasteiger partial charge in [0.1, 0.15) is 0 Å². The molecule has 0 aliphatic carbocycles. The Morgan fingerprint density at radius 1 is 1.28 bits per heavy atom. The third-order valence-electron chi connectivity index (χ3n) is 2.68. The van der Waals surface area contributed by atoms with Gasteiger partial charge in [0.2, 0.25) is 5.91 Å². The largest absolute Gasteiger partial charge is 0.368 e. The Bertz CT molecular complexity index is 289. The van der Waals surface area contributed by atoms with Gasteiger partial charge < -0.3 is 14.8 Å². The molecule has 1 amide bonds. The van der Waals surface area contributed by atoms with Gasteiger partial charge in [-0.3, -0.25) is 14.7 Å². The van der Waals surface area contributed by atoms with E-state index < -0.39 is 19.5 Å². The van der Waals surface area contributed by atoms with Crippen LogP contribution in [-0.4, -0.2) is 31.4 Å². The number of primary amides is 1. The summed E-state index contributed by atoms with van der Waals surface area (Å²) in [6.07, 6.45) is 0.792. The quantitative estimate of drug-likeness (QED) is 0.594. The molecule has 3 N–H and O–H groups in total. The molecule has 0 aliphatic rings. The van der Waals surface area contributed by atoms with Gasteiger partial charge in [-0.25, -0.2) is 0 Å². The Morgan fingerprint density at radius 2 is 1.78 bits per heavy atom. The highest BCUT2D eigenvalue weighted by Crippen LogP contribution is 2.46. The van der Waals surface area contributed by atoms with Gasteiger partial charge in [0.25, 0.3) is 0 Å². The maximum Gasteiger partial charge on any atom is 0.344 e. The number of nitrogens with two attached hydrogens (primary N) is 1. The summed E-state index contributed by atoms with van der Waals surface area (Å²) in [6, 6.07) is -0.524. The molecule has 0 aromatic heterocycles. The van der Waals surface area contributed by atoms with Gasteiger partial charge in [0.15, 0.2) is 0 Å². The van der Waals surface area contributed by atoms with Crippen molar-refractivity contribution in [2.24, 2.45) is 11.7 Å². The van der Waals surface area contributed by atoms with E-state index in [4.69, 9.17) is 14.8 Å². The average Bonchev–Trinajstić information content (AvgIpc) is 2.29. The van der Waals surface area contributed by atoms with Crippen molar-refractivity contribution >= 4 is 13.5 Å². The molecule has 0 aromatic carbocycles. The van der Waals surface area contributed by atoms with Gasteiger partial charge in [-0.2, -0.15) is 0 Å². The lowest BCUT2D eigenvalue weighted by molar-refractivity contribution is -0.121. The zero-order valence-electron chi connectivity index (χ0n) is 11.6. The summed E-state index contributed by atoms with van der Waals surface area (Å²) >= 11 is 0. The van der Waals surface area contributed by atoms with Crippen molar-refractivity contribution < 1.29 is 18.4 Å². The van der Waals surface area contributed by atoms with Gasteiger partial charge in [-0.15, -0.1) is 0 Å². The monoisotopic (exact) mass is 280 g/mol. The lowest BCUT2D eigenvalue weighted by Crippen LogP contribution is -2.46. The van der Waals surface area contributed by atoms with Crippen LogP contribution in [0.4, 0.5) is 0 Å². The molecular formula is C11H25N2O4P. The highest BCUT2D eigenvalue weighted by Gasteiger charge is 2.28. The van der Waals surface area contributed by atoms with E-state index >= 15 is 0 Å². The summed E-state index contributed by atoms with van der Waals surface area (Å²) in [7, 11) is -3.18. The molecule has 18 heavy (non-hydrogen) atoms. The second-order valence-corrected chi connectivity index (χ2v) is 6.13. The van der Waals surface area contributed by atoms with Crippen molar-refractivity contribution in [1.29, 1.82) is 0 Å². The fourth-order valence-electron chi connectivity index (χ4n) is 1.55. The number of hydrogen-bond donors (Lipinski definition) is 2. The van der Waals surface area contributed by atoms with Crippen LogP contribution in [0.1, 0.15) is 34.1 Å². The minimum atomic E-state index is -3.18. The number of amides is 1. The molecule has 2 atom stereocenters. The van der Waals surface area contributed by atoms with Crippen LogP contribution in [0.3, 0.4) is 0 Å². The Labute approximate surface area is 109 Å². The van der Waals surface area contributed by atoms with Crippen LogP contribution in [0.15, 0.2) is 0 Å². The first-order valence-electron chi connectivity index (χ1n) is 6.31. The van der Waals surface area contributed by atoms with Crippen LogP contribution in [0, 0.1) is 5.92 Å². The Balaban J connectivity index is 4.56. The molecular weight excluding hydrogens is 255 g/mol. The molecule has 0 rings (SSSR count). The average molecular weight is 280 g/mol. The highest BCUT2D eigenvalue weighted by atomic mass is 31.2. The highest BCUT2D eigenvalue weighted by molar-refractivity contribution is 7.53. The maximum atomic E-state index is 12.2. The zero-order chi connectivity index (χ0) is 14.2. The predicted octanol–water partition coefficient (Wildman–Crippen LogP) is 1.70. The first-order valence-corrected chi connectivity index (χ1v) is 8.03. The van der Waals surface area contributed by atoms with E-state index in [0.717, 1.165) is 6.42 Å². The summed E-state index contributed by atoms with van der Waals surface area (Å²) in [4.78, 5) is 11.3. The van der Waals surface area contributed by atoms with Crippen LogP contribution in [0.2, 0.25) is 0 Å². The topological polar surface area (TPSA) is 90.6 Å². The van der Waals surface area contributed by atoms with Gasteiger partial charge in [-0.05, 0) is 19.8 Å². The van der Waals surface area contributed by atoms with Crippen molar-refractivity contribution in [3.63, 3.8) is 0 Å². The number of hydrogen-bond acceptors (Lipinski definition) is 5. The molecule has 0 radical (unpaired) electrons. The van der Waals surface area contributed by atoms with Crippen LogP contribution < -0.4 is 11.1 Å². The molecule has 6 nitrogen and oxygen atoms in total. The first kappa shape index (κ1) is 17.6. The minimum Gasteiger partial charge on any atom is -0.368 e. The molecule has 0 spiro atoms. The Morgan fingerprint density at radius 3 is 2.11 bits per heavy atom. The SMILES string of the molecule is CCOP(=O)(CN[C@H](C(N)=O)[C@@H](C)CC)OCC. The smallest absolute Gasteiger partial charge is 0.344 e. The predicted molar refractivity (Wildman–Crippen MR) is 71.3 cm³/mol. The summed E-state index contributed by atoms with van der Waals surface area (Å²) in [5.41, 5.74) is 5.32. The van der Waals surface area contributed by atoms with Crippen molar-refractivity contribution in [2.75, 3.05) is 19.5 Å².